The highest BCUT2D eigenvalue weighted by Gasteiger charge is 2.06. The van der Waals surface area contributed by atoms with E-state index in [4.69, 9.17) is 11.6 Å². The van der Waals surface area contributed by atoms with Crippen LogP contribution in [0.25, 0.3) is 0 Å². The molecule has 5 heteroatoms. The minimum atomic E-state index is -0.296. The van der Waals surface area contributed by atoms with Crippen molar-refractivity contribution in [1.29, 1.82) is 0 Å². The van der Waals surface area contributed by atoms with Gasteiger partial charge in [-0.15, -0.1) is 0 Å². The average Bonchev–Trinajstić information content (AvgIpc) is 2.64. The van der Waals surface area contributed by atoms with E-state index in [9.17, 15) is 9.59 Å². The molecule has 0 aliphatic heterocycles. The van der Waals surface area contributed by atoms with Gasteiger partial charge < -0.3 is 4.57 Å². The van der Waals surface area contributed by atoms with Gasteiger partial charge in [-0.2, -0.15) is 0 Å². The van der Waals surface area contributed by atoms with Crippen LogP contribution in [-0.2, 0) is 6.54 Å². The van der Waals surface area contributed by atoms with Gasteiger partial charge in [-0.25, -0.2) is 4.99 Å². The number of benzene rings is 2. The Kier molecular flexibility index (Phi) is 5.21. The number of carbonyl (C=O) groups is 2. The molecule has 0 unspecified atom stereocenters. The Morgan fingerprint density at radius 2 is 1.48 bits per heavy atom. The van der Waals surface area contributed by atoms with E-state index in [2.05, 4.69) is 4.99 Å². The quantitative estimate of drug-likeness (QED) is 0.673. The highest BCUT2D eigenvalue weighted by Crippen LogP contribution is 2.10. The zero-order chi connectivity index (χ0) is 17.6. The molecule has 0 aliphatic carbocycles. The van der Waals surface area contributed by atoms with Crippen LogP contribution in [0.3, 0.4) is 0 Å². The molecule has 1 aromatic heterocycles. The molecule has 0 spiro atoms. The van der Waals surface area contributed by atoms with Gasteiger partial charge in [0.05, 0.1) is 11.9 Å². The van der Waals surface area contributed by atoms with E-state index in [1.807, 2.05) is 6.07 Å². The topological polar surface area (TPSA) is 51.4 Å². The Morgan fingerprint density at radius 3 is 2.12 bits per heavy atom. The third kappa shape index (κ3) is 4.52. The van der Waals surface area contributed by atoms with E-state index >= 15 is 0 Å². The Morgan fingerprint density at radius 1 is 0.840 bits per heavy atom. The first-order valence-corrected chi connectivity index (χ1v) is 8.08. The fourth-order valence-corrected chi connectivity index (χ4v) is 2.41. The largest absolute Gasteiger partial charge is 0.346 e. The van der Waals surface area contributed by atoms with Gasteiger partial charge in [-0.1, -0.05) is 29.8 Å². The first-order valence-electron chi connectivity index (χ1n) is 7.71. The van der Waals surface area contributed by atoms with Crippen LogP contribution in [0.4, 0.5) is 0 Å². The lowest BCUT2D eigenvalue weighted by molar-refractivity contribution is 0.0969. The SMILES string of the molecule is O=C(Cn1ccc(=NC(=O)c2ccccc2)cc1)c1ccc(Cl)cc1. The molecule has 25 heavy (non-hydrogen) atoms. The minimum absolute atomic E-state index is 0.0216. The van der Waals surface area contributed by atoms with Gasteiger partial charge in [0.2, 0.25) is 0 Å². The molecule has 0 radical (unpaired) electrons. The van der Waals surface area contributed by atoms with E-state index in [0.717, 1.165) is 0 Å². The van der Waals surface area contributed by atoms with Crippen LogP contribution in [0, 0.1) is 0 Å². The van der Waals surface area contributed by atoms with Gasteiger partial charge in [0.1, 0.15) is 0 Å². The Balaban J connectivity index is 1.72. The number of hydrogen-bond donors (Lipinski definition) is 0. The third-order valence-electron chi connectivity index (χ3n) is 3.62. The van der Waals surface area contributed by atoms with Crippen LogP contribution in [0.1, 0.15) is 20.7 Å². The molecular formula is C20H15ClN2O2. The van der Waals surface area contributed by atoms with E-state index in [-0.39, 0.29) is 18.2 Å². The van der Waals surface area contributed by atoms with E-state index < -0.39 is 0 Å². The summed E-state index contributed by atoms with van der Waals surface area (Å²) in [5, 5.41) is 1.14. The van der Waals surface area contributed by atoms with Gasteiger partial charge in [-0.3, -0.25) is 9.59 Å². The normalized spacial score (nSPS) is 10.3. The van der Waals surface area contributed by atoms with E-state index in [1.165, 1.54) is 0 Å². The second-order valence-electron chi connectivity index (χ2n) is 5.44. The first kappa shape index (κ1) is 16.9. The van der Waals surface area contributed by atoms with Crippen LogP contribution >= 0.6 is 11.6 Å². The highest BCUT2D eigenvalue weighted by atomic mass is 35.5. The van der Waals surface area contributed by atoms with Crippen molar-refractivity contribution in [3.05, 3.63) is 101 Å². The second kappa shape index (κ2) is 7.73. The van der Waals surface area contributed by atoms with Crippen molar-refractivity contribution in [2.24, 2.45) is 4.99 Å². The molecule has 4 nitrogen and oxygen atoms in total. The number of carbonyl (C=O) groups excluding carboxylic acids is 2. The summed E-state index contributed by atoms with van der Waals surface area (Å²) in [5.74, 6) is -0.317. The minimum Gasteiger partial charge on any atom is -0.346 e. The van der Waals surface area contributed by atoms with Crippen LogP contribution < -0.4 is 5.36 Å². The highest BCUT2D eigenvalue weighted by molar-refractivity contribution is 6.30. The number of nitrogens with zero attached hydrogens (tertiary/aromatic N) is 2. The van der Waals surface area contributed by atoms with Gasteiger partial charge in [-0.05, 0) is 48.5 Å². The number of amides is 1. The number of Topliss-reactive ketones (excluding diaryl/α,β-unsaturated/α-hetero) is 1. The zero-order valence-electron chi connectivity index (χ0n) is 13.3. The molecule has 0 saturated carbocycles. The van der Waals surface area contributed by atoms with Crippen molar-refractivity contribution < 1.29 is 9.59 Å². The van der Waals surface area contributed by atoms with Gasteiger partial charge >= 0.3 is 0 Å². The maximum absolute atomic E-state index is 12.2. The molecule has 3 rings (SSSR count). The summed E-state index contributed by atoms with van der Waals surface area (Å²) in [4.78, 5) is 28.3. The fourth-order valence-electron chi connectivity index (χ4n) is 2.28. The van der Waals surface area contributed by atoms with Crippen molar-refractivity contribution in [3.63, 3.8) is 0 Å². The molecule has 0 fully saturated rings. The van der Waals surface area contributed by atoms with Gasteiger partial charge in [0, 0.05) is 28.5 Å². The molecule has 1 heterocycles. The van der Waals surface area contributed by atoms with Gasteiger partial charge in [0.15, 0.2) is 5.78 Å². The summed E-state index contributed by atoms with van der Waals surface area (Å²) in [6.45, 7) is 0.203. The summed E-state index contributed by atoms with van der Waals surface area (Å²) >= 11 is 5.83. The predicted octanol–water partition coefficient (Wildman–Crippen LogP) is 3.77. The lowest BCUT2D eigenvalue weighted by Gasteiger charge is -2.05. The number of aromatic nitrogens is 1. The first-order chi connectivity index (χ1) is 12.1. The molecule has 2 aromatic carbocycles. The average molecular weight is 351 g/mol. The van der Waals surface area contributed by atoms with Crippen LogP contribution in [0.2, 0.25) is 5.02 Å². The van der Waals surface area contributed by atoms with Crippen LogP contribution in [-0.4, -0.2) is 16.3 Å². The summed E-state index contributed by atoms with van der Waals surface area (Å²) in [5.41, 5.74) is 1.14. The monoisotopic (exact) mass is 350 g/mol. The summed E-state index contributed by atoms with van der Waals surface area (Å²) < 4.78 is 1.74. The van der Waals surface area contributed by atoms with Crippen LogP contribution in [0.15, 0.2) is 84.1 Å². The molecule has 0 N–H and O–H groups in total. The van der Waals surface area contributed by atoms with Crippen LogP contribution in [0.5, 0.6) is 0 Å². The molecule has 0 atom stereocenters. The maximum Gasteiger partial charge on any atom is 0.277 e. The standard InChI is InChI=1S/C20H15ClN2O2/c21-17-8-6-15(7-9-17)19(24)14-23-12-10-18(11-13-23)22-20(25)16-4-2-1-3-5-16/h1-13H,14H2. The van der Waals surface area contributed by atoms with Crippen molar-refractivity contribution in [2.75, 3.05) is 0 Å². The fraction of sp³-hybridized carbons (Fsp3) is 0.0500. The maximum atomic E-state index is 12.2. The smallest absolute Gasteiger partial charge is 0.277 e. The number of halogens is 1. The second-order valence-corrected chi connectivity index (χ2v) is 5.88. The van der Waals surface area contributed by atoms with Crippen molar-refractivity contribution in [3.8, 4) is 0 Å². The van der Waals surface area contributed by atoms with Crippen molar-refractivity contribution >= 4 is 23.3 Å². The lowest BCUT2D eigenvalue weighted by atomic mass is 10.1. The molecule has 0 saturated heterocycles. The molecule has 124 valence electrons. The summed E-state index contributed by atoms with van der Waals surface area (Å²) in [6.07, 6.45) is 3.45. The van der Waals surface area contributed by atoms with E-state index in [1.54, 1.807) is 77.6 Å². The summed E-state index contributed by atoms with van der Waals surface area (Å²) in [6, 6.07) is 19.1. The van der Waals surface area contributed by atoms with Crippen molar-refractivity contribution in [2.45, 2.75) is 6.54 Å². The van der Waals surface area contributed by atoms with Crippen molar-refractivity contribution in [1.82, 2.24) is 4.57 Å². The third-order valence-corrected chi connectivity index (χ3v) is 3.87. The Labute approximate surface area is 150 Å². The molecule has 3 aromatic rings. The number of rotatable bonds is 4. The van der Waals surface area contributed by atoms with E-state index in [0.29, 0.717) is 21.5 Å². The zero-order valence-corrected chi connectivity index (χ0v) is 14.1. The molecule has 0 bridgehead atoms. The lowest BCUT2D eigenvalue weighted by Crippen LogP contribution is -2.13. The van der Waals surface area contributed by atoms with Gasteiger partial charge in [0.25, 0.3) is 5.91 Å². The predicted molar refractivity (Wildman–Crippen MR) is 96.6 cm³/mol. The number of ketones is 1. The Hall–Kier alpha value is -2.98. The molecular weight excluding hydrogens is 336 g/mol. The molecule has 1 amide bonds. The number of hydrogen-bond acceptors (Lipinski definition) is 2. The Bertz CT molecular complexity index is 940. The summed E-state index contributed by atoms with van der Waals surface area (Å²) in [7, 11) is 0. The number of pyridine rings is 1. The molecule has 0 aliphatic rings.